The average Bonchev–Trinajstić information content (AvgIpc) is 2.62. The Morgan fingerprint density at radius 2 is 2.46 bits per heavy atom. The van der Waals surface area contributed by atoms with Gasteiger partial charge in [-0.15, -0.1) is 21.5 Å². The molecule has 0 saturated heterocycles. The van der Waals surface area contributed by atoms with Gasteiger partial charge >= 0.3 is 0 Å². The van der Waals surface area contributed by atoms with Crippen molar-refractivity contribution >= 4 is 16.3 Å². The first kappa shape index (κ1) is 8.16. The van der Waals surface area contributed by atoms with Crippen LogP contribution in [0.15, 0.2) is 11.6 Å². The van der Waals surface area contributed by atoms with Gasteiger partial charge in [0.25, 0.3) is 0 Å². The maximum atomic E-state index is 9.62. The molecule has 5 nitrogen and oxygen atoms in total. The molecule has 0 saturated carbocycles. The van der Waals surface area contributed by atoms with E-state index >= 15 is 0 Å². The van der Waals surface area contributed by atoms with Crippen LogP contribution in [0.4, 0.5) is 0 Å². The zero-order chi connectivity index (χ0) is 9.47. The Balaban J connectivity index is 2.69. The minimum Gasteiger partial charge on any atom is -0.369 e. The van der Waals surface area contributed by atoms with Crippen molar-refractivity contribution in [2.45, 2.75) is 12.5 Å². The van der Waals surface area contributed by atoms with Gasteiger partial charge in [-0.3, -0.25) is 4.40 Å². The molecule has 0 aliphatic carbocycles. The summed E-state index contributed by atoms with van der Waals surface area (Å²) in [7, 11) is 0. The molecule has 6 heteroatoms. The van der Waals surface area contributed by atoms with Crippen molar-refractivity contribution in [2.75, 3.05) is 0 Å². The summed E-state index contributed by atoms with van der Waals surface area (Å²) in [6, 6.07) is 1.76. The van der Waals surface area contributed by atoms with E-state index in [1.165, 1.54) is 18.3 Å². The fraction of sp³-hybridized carbons (Fsp3) is 0.286. The van der Waals surface area contributed by atoms with E-state index in [-0.39, 0.29) is 5.82 Å². The van der Waals surface area contributed by atoms with Gasteiger partial charge in [0.05, 0.1) is 0 Å². The van der Waals surface area contributed by atoms with Crippen molar-refractivity contribution in [1.29, 1.82) is 5.26 Å². The zero-order valence-electron chi connectivity index (χ0n) is 6.80. The monoisotopic (exact) mass is 194 g/mol. The standard InChI is InChI=1S/C7H6N4OS/c1-7(12,4-8)5-9-10-6-11(5)2-3-13-6/h2-3,12H,1H3. The van der Waals surface area contributed by atoms with Gasteiger partial charge in [0.15, 0.2) is 5.82 Å². The molecule has 0 aromatic carbocycles. The molecule has 0 fully saturated rings. The van der Waals surface area contributed by atoms with Gasteiger partial charge in [0, 0.05) is 11.6 Å². The van der Waals surface area contributed by atoms with Crippen LogP contribution < -0.4 is 0 Å². The number of nitrogens with zero attached hydrogens (tertiary/aromatic N) is 4. The van der Waals surface area contributed by atoms with E-state index in [0.29, 0.717) is 4.96 Å². The number of hydrogen-bond acceptors (Lipinski definition) is 5. The summed E-state index contributed by atoms with van der Waals surface area (Å²) < 4.78 is 1.61. The van der Waals surface area contributed by atoms with Crippen LogP contribution in [0.5, 0.6) is 0 Å². The topological polar surface area (TPSA) is 74.2 Å². The second-order valence-corrected chi connectivity index (χ2v) is 3.64. The van der Waals surface area contributed by atoms with Crippen LogP contribution in [-0.2, 0) is 5.60 Å². The Morgan fingerprint density at radius 1 is 1.69 bits per heavy atom. The molecule has 0 amide bonds. The van der Waals surface area contributed by atoms with Gasteiger partial charge in [-0.1, -0.05) is 0 Å². The first-order valence-electron chi connectivity index (χ1n) is 3.57. The highest BCUT2D eigenvalue weighted by Gasteiger charge is 2.28. The number of fused-ring (bicyclic) bond motifs is 1. The zero-order valence-corrected chi connectivity index (χ0v) is 7.62. The maximum absolute atomic E-state index is 9.62. The smallest absolute Gasteiger partial charge is 0.216 e. The number of nitriles is 1. The molecule has 13 heavy (non-hydrogen) atoms. The van der Waals surface area contributed by atoms with E-state index in [9.17, 15) is 5.11 Å². The third-order valence-electron chi connectivity index (χ3n) is 1.70. The number of thiazole rings is 1. The molecular formula is C7H6N4OS. The lowest BCUT2D eigenvalue weighted by atomic mass is 10.1. The fourth-order valence-electron chi connectivity index (χ4n) is 1.03. The Bertz CT molecular complexity index is 478. The van der Waals surface area contributed by atoms with E-state index in [4.69, 9.17) is 5.26 Å². The third-order valence-corrected chi connectivity index (χ3v) is 2.45. The molecule has 1 N–H and O–H groups in total. The Kier molecular flexibility index (Phi) is 1.58. The normalized spacial score (nSPS) is 15.5. The van der Waals surface area contributed by atoms with Crippen molar-refractivity contribution in [3.63, 3.8) is 0 Å². The number of hydrogen-bond donors (Lipinski definition) is 1. The van der Waals surface area contributed by atoms with Gasteiger partial charge in [0.2, 0.25) is 10.6 Å². The van der Waals surface area contributed by atoms with Gasteiger partial charge in [-0.25, -0.2) is 0 Å². The van der Waals surface area contributed by atoms with E-state index in [0.717, 1.165) is 0 Å². The molecule has 0 radical (unpaired) electrons. The lowest BCUT2D eigenvalue weighted by Crippen LogP contribution is -2.21. The molecule has 0 bridgehead atoms. The fourth-order valence-corrected chi connectivity index (χ4v) is 1.68. The van der Waals surface area contributed by atoms with Crippen LogP contribution in [0, 0.1) is 11.3 Å². The highest BCUT2D eigenvalue weighted by Crippen LogP contribution is 2.20. The molecule has 0 spiro atoms. The van der Waals surface area contributed by atoms with E-state index < -0.39 is 5.60 Å². The predicted molar refractivity (Wildman–Crippen MR) is 46.0 cm³/mol. The highest BCUT2D eigenvalue weighted by atomic mass is 32.1. The Morgan fingerprint density at radius 3 is 3.15 bits per heavy atom. The molecule has 66 valence electrons. The summed E-state index contributed by atoms with van der Waals surface area (Å²) in [5, 5.41) is 27.7. The molecule has 1 atom stereocenters. The molecular weight excluding hydrogens is 188 g/mol. The minimum absolute atomic E-state index is 0.256. The van der Waals surface area contributed by atoms with E-state index in [1.54, 1.807) is 16.7 Å². The van der Waals surface area contributed by atoms with Gasteiger partial charge in [-0.2, -0.15) is 5.26 Å². The largest absolute Gasteiger partial charge is 0.369 e. The molecule has 2 aromatic rings. The molecule has 2 aromatic heterocycles. The summed E-state index contributed by atoms with van der Waals surface area (Å²) in [4.78, 5) is 0.672. The van der Waals surface area contributed by atoms with Crippen LogP contribution in [0.3, 0.4) is 0 Å². The number of aliphatic hydroxyl groups is 1. The van der Waals surface area contributed by atoms with Gasteiger partial charge in [-0.05, 0) is 6.92 Å². The van der Waals surface area contributed by atoms with Crippen LogP contribution in [-0.4, -0.2) is 19.7 Å². The number of aromatic nitrogens is 3. The first-order chi connectivity index (χ1) is 6.15. The van der Waals surface area contributed by atoms with Crippen molar-refractivity contribution in [1.82, 2.24) is 14.6 Å². The SMILES string of the molecule is CC(O)(C#N)c1nnc2sccn12. The van der Waals surface area contributed by atoms with Gasteiger partial charge in [0.1, 0.15) is 6.07 Å². The van der Waals surface area contributed by atoms with Crippen LogP contribution in [0.1, 0.15) is 12.7 Å². The minimum atomic E-state index is -1.58. The third kappa shape index (κ3) is 1.09. The lowest BCUT2D eigenvalue weighted by Gasteiger charge is -2.09. The lowest BCUT2D eigenvalue weighted by molar-refractivity contribution is 0.108. The average molecular weight is 194 g/mol. The van der Waals surface area contributed by atoms with E-state index in [2.05, 4.69) is 10.2 Å². The van der Waals surface area contributed by atoms with Crippen molar-refractivity contribution in [3.05, 3.63) is 17.4 Å². The summed E-state index contributed by atoms with van der Waals surface area (Å²) >= 11 is 1.40. The van der Waals surface area contributed by atoms with Crippen molar-refractivity contribution in [3.8, 4) is 6.07 Å². The molecule has 2 rings (SSSR count). The second kappa shape index (κ2) is 2.52. The van der Waals surface area contributed by atoms with Crippen molar-refractivity contribution in [2.24, 2.45) is 0 Å². The summed E-state index contributed by atoms with van der Waals surface area (Å²) in [6.07, 6.45) is 1.72. The maximum Gasteiger partial charge on any atom is 0.216 e. The second-order valence-electron chi connectivity index (χ2n) is 2.76. The number of rotatable bonds is 1. The molecule has 0 aliphatic rings. The van der Waals surface area contributed by atoms with Crippen LogP contribution in [0.25, 0.3) is 4.96 Å². The summed E-state index contributed by atoms with van der Waals surface area (Å²) in [5.41, 5.74) is -1.58. The molecule has 2 heterocycles. The Labute approximate surface area is 77.9 Å². The van der Waals surface area contributed by atoms with Crippen LogP contribution in [0.2, 0.25) is 0 Å². The predicted octanol–water partition coefficient (Wildman–Crippen LogP) is 0.522. The van der Waals surface area contributed by atoms with Crippen molar-refractivity contribution < 1.29 is 5.11 Å². The highest BCUT2D eigenvalue weighted by molar-refractivity contribution is 7.15. The Hall–Kier alpha value is -1.45. The van der Waals surface area contributed by atoms with Crippen LogP contribution >= 0.6 is 11.3 Å². The summed E-state index contributed by atoms with van der Waals surface area (Å²) in [5.74, 6) is 0.256. The quantitative estimate of drug-likeness (QED) is 0.672. The summed E-state index contributed by atoms with van der Waals surface area (Å²) in [6.45, 7) is 1.39. The van der Waals surface area contributed by atoms with E-state index in [1.807, 2.05) is 5.38 Å². The first-order valence-corrected chi connectivity index (χ1v) is 4.45. The molecule has 0 aliphatic heterocycles. The molecule has 1 unspecified atom stereocenters. The van der Waals surface area contributed by atoms with Gasteiger partial charge < -0.3 is 5.11 Å².